The summed E-state index contributed by atoms with van der Waals surface area (Å²) in [5.41, 5.74) is 2.44. The minimum Gasteiger partial charge on any atom is -0.352 e. The molecule has 9 heteroatoms. The summed E-state index contributed by atoms with van der Waals surface area (Å²) in [5.74, 6) is 0.500. The molecule has 1 fully saturated rings. The van der Waals surface area contributed by atoms with Crippen molar-refractivity contribution in [2.75, 3.05) is 37.6 Å². The number of carbonyl (C=O) groups is 2. The Labute approximate surface area is 221 Å². The fraction of sp³-hybridized carbons (Fsp3) is 0.333. The number of anilines is 1. The molecule has 1 aromatic heterocycles. The Morgan fingerprint density at radius 1 is 0.944 bits per heavy atom. The van der Waals surface area contributed by atoms with Gasteiger partial charge in [-0.25, -0.2) is 0 Å². The molecule has 0 N–H and O–H groups in total. The van der Waals surface area contributed by atoms with E-state index in [0.29, 0.717) is 48.5 Å². The van der Waals surface area contributed by atoms with Crippen molar-refractivity contribution in [2.45, 2.75) is 20.4 Å². The Bertz CT molecular complexity index is 1200. The van der Waals surface area contributed by atoms with Crippen molar-refractivity contribution < 1.29 is 9.59 Å². The van der Waals surface area contributed by atoms with E-state index in [1.165, 1.54) is 0 Å². The van der Waals surface area contributed by atoms with Gasteiger partial charge in [0, 0.05) is 49.2 Å². The number of hydrogen-bond donors (Lipinski definition) is 0. The Morgan fingerprint density at radius 2 is 1.67 bits per heavy atom. The van der Waals surface area contributed by atoms with E-state index in [1.54, 1.807) is 17.0 Å². The third kappa shape index (κ3) is 6.33. The van der Waals surface area contributed by atoms with Crippen LogP contribution in [0, 0.1) is 5.92 Å². The summed E-state index contributed by atoms with van der Waals surface area (Å²) in [4.78, 5) is 31.4. The van der Waals surface area contributed by atoms with Crippen molar-refractivity contribution >= 4 is 40.8 Å². The maximum atomic E-state index is 13.1. The van der Waals surface area contributed by atoms with Crippen LogP contribution < -0.4 is 4.90 Å². The highest BCUT2D eigenvalue weighted by molar-refractivity contribution is 6.36. The summed E-state index contributed by atoms with van der Waals surface area (Å²) < 4.78 is 0. The predicted molar refractivity (Wildman–Crippen MR) is 143 cm³/mol. The maximum absolute atomic E-state index is 13.1. The van der Waals surface area contributed by atoms with Crippen molar-refractivity contribution in [1.82, 2.24) is 20.0 Å². The first-order valence-electron chi connectivity index (χ1n) is 12.0. The number of carbonyl (C=O) groups excluding carboxylic acids is 2. The fourth-order valence-corrected chi connectivity index (χ4v) is 4.67. The summed E-state index contributed by atoms with van der Waals surface area (Å²) in [6.45, 7) is 6.59. The second kappa shape index (κ2) is 11.7. The van der Waals surface area contributed by atoms with Gasteiger partial charge in [-0.05, 0) is 35.9 Å². The minimum absolute atomic E-state index is 0.0259. The van der Waals surface area contributed by atoms with E-state index >= 15 is 0 Å². The Hall–Kier alpha value is -3.16. The van der Waals surface area contributed by atoms with Crippen LogP contribution in [-0.4, -0.2) is 64.5 Å². The summed E-state index contributed by atoms with van der Waals surface area (Å²) >= 11 is 12.3. The molecule has 0 saturated carbocycles. The van der Waals surface area contributed by atoms with Gasteiger partial charge >= 0.3 is 0 Å². The van der Waals surface area contributed by atoms with Gasteiger partial charge < -0.3 is 14.7 Å². The standard InChI is InChI=1S/C27H29Cl2N5O2/c1-19(2)27(36)34(17-20-6-4-3-5-7-20)18-26(35)33-14-12-32(13-15-33)25-11-10-24(30-31-25)22-9-8-21(28)16-23(22)29/h3-11,16,19H,12-15,17-18H2,1-2H3. The van der Waals surface area contributed by atoms with Crippen LogP contribution in [0.3, 0.4) is 0 Å². The molecule has 1 aliphatic rings. The second-order valence-corrected chi connectivity index (χ2v) is 9.95. The van der Waals surface area contributed by atoms with Crippen molar-refractivity contribution in [2.24, 2.45) is 5.92 Å². The molecule has 0 atom stereocenters. The van der Waals surface area contributed by atoms with Gasteiger partial charge in [-0.2, -0.15) is 0 Å². The van der Waals surface area contributed by atoms with E-state index in [4.69, 9.17) is 23.2 Å². The van der Waals surface area contributed by atoms with E-state index in [0.717, 1.165) is 16.9 Å². The molecule has 2 aromatic carbocycles. The summed E-state index contributed by atoms with van der Waals surface area (Å²) in [6.07, 6.45) is 0. The van der Waals surface area contributed by atoms with Gasteiger partial charge in [0.1, 0.15) is 6.54 Å². The summed E-state index contributed by atoms with van der Waals surface area (Å²) in [6, 6.07) is 18.8. The highest BCUT2D eigenvalue weighted by Gasteiger charge is 2.26. The molecule has 0 unspecified atom stereocenters. The molecular weight excluding hydrogens is 497 g/mol. The quantitative estimate of drug-likeness (QED) is 0.443. The van der Waals surface area contributed by atoms with Gasteiger partial charge in [-0.3, -0.25) is 9.59 Å². The SMILES string of the molecule is CC(C)C(=O)N(CC(=O)N1CCN(c2ccc(-c3ccc(Cl)cc3Cl)nn2)CC1)Cc1ccccc1. The number of hydrogen-bond acceptors (Lipinski definition) is 5. The van der Waals surface area contributed by atoms with E-state index in [1.807, 2.05) is 67.3 Å². The second-order valence-electron chi connectivity index (χ2n) is 9.10. The van der Waals surface area contributed by atoms with Crippen LogP contribution in [0.5, 0.6) is 0 Å². The molecule has 2 amide bonds. The highest BCUT2D eigenvalue weighted by atomic mass is 35.5. The Morgan fingerprint density at radius 3 is 2.28 bits per heavy atom. The summed E-state index contributed by atoms with van der Waals surface area (Å²) in [5, 5.41) is 9.81. The molecule has 0 spiro atoms. The van der Waals surface area contributed by atoms with E-state index in [2.05, 4.69) is 15.1 Å². The van der Waals surface area contributed by atoms with Gasteiger partial charge in [-0.15, -0.1) is 10.2 Å². The third-order valence-corrected chi connectivity index (χ3v) is 6.71. The molecule has 0 aliphatic carbocycles. The van der Waals surface area contributed by atoms with Crippen LogP contribution in [0.15, 0.2) is 60.7 Å². The molecule has 2 heterocycles. The molecule has 1 aliphatic heterocycles. The van der Waals surface area contributed by atoms with Crippen LogP contribution in [0.1, 0.15) is 19.4 Å². The van der Waals surface area contributed by atoms with Crippen LogP contribution in [-0.2, 0) is 16.1 Å². The molecule has 7 nitrogen and oxygen atoms in total. The van der Waals surface area contributed by atoms with Crippen LogP contribution in [0.4, 0.5) is 5.82 Å². The molecule has 36 heavy (non-hydrogen) atoms. The molecule has 0 radical (unpaired) electrons. The number of benzene rings is 2. The van der Waals surface area contributed by atoms with Gasteiger partial charge in [0.25, 0.3) is 0 Å². The number of amides is 2. The number of rotatable bonds is 7. The molecule has 4 rings (SSSR count). The number of piperazine rings is 1. The van der Waals surface area contributed by atoms with Crippen molar-refractivity contribution in [3.8, 4) is 11.3 Å². The molecular formula is C27H29Cl2N5O2. The number of halogens is 2. The zero-order valence-electron chi connectivity index (χ0n) is 20.4. The normalized spacial score (nSPS) is 13.7. The predicted octanol–water partition coefficient (Wildman–Crippen LogP) is 4.78. The lowest BCUT2D eigenvalue weighted by atomic mass is 10.1. The number of nitrogens with zero attached hydrogens (tertiary/aromatic N) is 5. The largest absolute Gasteiger partial charge is 0.352 e. The molecule has 1 saturated heterocycles. The topological polar surface area (TPSA) is 69.6 Å². The zero-order valence-corrected chi connectivity index (χ0v) is 21.9. The molecule has 3 aromatic rings. The average molecular weight is 526 g/mol. The van der Waals surface area contributed by atoms with Crippen molar-refractivity contribution in [3.05, 3.63) is 76.3 Å². The van der Waals surface area contributed by atoms with Gasteiger partial charge in [0.2, 0.25) is 11.8 Å². The van der Waals surface area contributed by atoms with Crippen molar-refractivity contribution in [3.63, 3.8) is 0 Å². The first-order valence-corrected chi connectivity index (χ1v) is 12.7. The first-order chi connectivity index (χ1) is 17.3. The number of aromatic nitrogens is 2. The van der Waals surface area contributed by atoms with E-state index < -0.39 is 0 Å². The lowest BCUT2D eigenvalue weighted by Crippen LogP contribution is -2.52. The molecule has 188 valence electrons. The first kappa shape index (κ1) is 25.9. The molecule has 0 bridgehead atoms. The van der Waals surface area contributed by atoms with E-state index in [9.17, 15) is 9.59 Å². The lowest BCUT2D eigenvalue weighted by Gasteiger charge is -2.36. The van der Waals surface area contributed by atoms with Gasteiger partial charge in [0.05, 0.1) is 10.7 Å². The zero-order chi connectivity index (χ0) is 25.7. The fourth-order valence-electron chi connectivity index (χ4n) is 4.16. The maximum Gasteiger partial charge on any atom is 0.242 e. The van der Waals surface area contributed by atoms with E-state index in [-0.39, 0.29) is 24.3 Å². The Balaban J connectivity index is 1.35. The highest BCUT2D eigenvalue weighted by Crippen LogP contribution is 2.29. The minimum atomic E-state index is -0.178. The monoisotopic (exact) mass is 525 g/mol. The Kier molecular flexibility index (Phi) is 8.44. The summed E-state index contributed by atoms with van der Waals surface area (Å²) in [7, 11) is 0. The average Bonchev–Trinajstić information content (AvgIpc) is 2.88. The van der Waals surface area contributed by atoms with Crippen molar-refractivity contribution in [1.29, 1.82) is 0 Å². The van der Waals surface area contributed by atoms with Crippen LogP contribution >= 0.6 is 23.2 Å². The smallest absolute Gasteiger partial charge is 0.242 e. The van der Waals surface area contributed by atoms with Gasteiger partial charge in [0.15, 0.2) is 5.82 Å². The third-order valence-electron chi connectivity index (χ3n) is 6.16. The lowest BCUT2D eigenvalue weighted by molar-refractivity contribution is -0.143. The van der Waals surface area contributed by atoms with Crippen LogP contribution in [0.25, 0.3) is 11.3 Å². The van der Waals surface area contributed by atoms with Gasteiger partial charge in [-0.1, -0.05) is 67.4 Å². The van der Waals surface area contributed by atoms with Crippen LogP contribution in [0.2, 0.25) is 10.0 Å².